The molecule has 9 heteroatoms. The van der Waals surface area contributed by atoms with Gasteiger partial charge in [-0.2, -0.15) is 10.2 Å². The molecule has 2 aromatic heterocycles. The van der Waals surface area contributed by atoms with Gasteiger partial charge in [0.2, 0.25) is 5.91 Å². The lowest BCUT2D eigenvalue weighted by atomic mass is 9.96. The van der Waals surface area contributed by atoms with Gasteiger partial charge in [-0.05, 0) is 30.5 Å². The number of hydrogen-bond donors (Lipinski definition) is 0. The van der Waals surface area contributed by atoms with Gasteiger partial charge in [0.1, 0.15) is 5.82 Å². The molecule has 0 saturated carbocycles. The number of aryl methyl sites for hydroxylation is 2. The van der Waals surface area contributed by atoms with Gasteiger partial charge < -0.3 is 14.5 Å². The van der Waals surface area contributed by atoms with Gasteiger partial charge >= 0.3 is 0 Å². The van der Waals surface area contributed by atoms with Crippen LogP contribution >= 0.6 is 0 Å². The molecule has 3 aliphatic rings. The molecule has 6 rings (SSSR count). The second-order valence-corrected chi connectivity index (χ2v) is 9.19. The van der Waals surface area contributed by atoms with Crippen LogP contribution < -0.4 is 4.90 Å². The minimum absolute atomic E-state index is 0.0672. The number of rotatable bonds is 3. The normalized spacial score (nSPS) is 18.2. The molecule has 1 aromatic carbocycles. The number of aromatic nitrogens is 4. The fraction of sp³-hybridized carbons (Fsp3) is 0.458. The second kappa shape index (κ2) is 7.69. The molecule has 0 bridgehead atoms. The van der Waals surface area contributed by atoms with E-state index in [2.05, 4.69) is 14.7 Å². The minimum Gasteiger partial charge on any atom is -0.377 e. The average molecular weight is 451 g/mol. The number of halogens is 1. The highest BCUT2D eigenvalue weighted by Gasteiger charge is 2.34. The summed E-state index contributed by atoms with van der Waals surface area (Å²) in [6.07, 6.45) is 6.14. The van der Waals surface area contributed by atoms with Gasteiger partial charge in [-0.3, -0.25) is 14.2 Å². The molecule has 0 radical (unpaired) electrons. The van der Waals surface area contributed by atoms with Gasteiger partial charge in [-0.15, -0.1) is 0 Å². The van der Waals surface area contributed by atoms with Crippen LogP contribution in [-0.4, -0.2) is 56.7 Å². The molecular weight excluding hydrogens is 423 g/mol. The lowest BCUT2D eigenvalue weighted by molar-refractivity contribution is -0.129. The molecule has 1 amide bonds. The van der Waals surface area contributed by atoms with E-state index in [0.29, 0.717) is 31.9 Å². The molecule has 172 valence electrons. The van der Waals surface area contributed by atoms with Crippen LogP contribution in [0.2, 0.25) is 0 Å². The fourth-order valence-electron chi connectivity index (χ4n) is 5.19. The third kappa shape index (κ3) is 3.33. The van der Waals surface area contributed by atoms with E-state index in [9.17, 15) is 4.79 Å². The third-order valence-electron chi connectivity index (χ3n) is 7.03. The van der Waals surface area contributed by atoms with Crippen LogP contribution in [0.25, 0.3) is 11.1 Å². The third-order valence-corrected chi connectivity index (χ3v) is 7.03. The number of hydrogen-bond acceptors (Lipinski definition) is 5. The molecular formula is C24H27FN6O2. The van der Waals surface area contributed by atoms with Gasteiger partial charge in [0, 0.05) is 67.8 Å². The Balaban J connectivity index is 1.44. The minimum atomic E-state index is -0.264. The van der Waals surface area contributed by atoms with E-state index < -0.39 is 0 Å². The summed E-state index contributed by atoms with van der Waals surface area (Å²) in [6.45, 7) is 4.92. The highest BCUT2D eigenvalue weighted by atomic mass is 19.1. The van der Waals surface area contributed by atoms with Crippen molar-refractivity contribution in [3.63, 3.8) is 0 Å². The van der Waals surface area contributed by atoms with Crippen molar-refractivity contribution < 1.29 is 13.9 Å². The maximum Gasteiger partial charge on any atom is 0.219 e. The van der Waals surface area contributed by atoms with Crippen LogP contribution in [0, 0.1) is 5.82 Å². The maximum absolute atomic E-state index is 15.3. The molecule has 5 heterocycles. The first-order chi connectivity index (χ1) is 16.0. The molecule has 0 spiro atoms. The van der Waals surface area contributed by atoms with Crippen molar-refractivity contribution in [3.05, 3.63) is 47.2 Å². The molecule has 0 atom stereocenters. The summed E-state index contributed by atoms with van der Waals surface area (Å²) in [5.74, 6) is 0.648. The predicted molar refractivity (Wildman–Crippen MR) is 121 cm³/mol. The Kier molecular flexibility index (Phi) is 4.76. The largest absolute Gasteiger partial charge is 0.377 e. The number of anilines is 2. The fourth-order valence-corrected chi connectivity index (χ4v) is 5.19. The lowest BCUT2D eigenvalue weighted by Crippen LogP contribution is -2.37. The summed E-state index contributed by atoms with van der Waals surface area (Å²) in [5, 5.41) is 9.23. The van der Waals surface area contributed by atoms with Gasteiger partial charge in [-0.1, -0.05) is 0 Å². The van der Waals surface area contributed by atoms with Crippen molar-refractivity contribution in [1.82, 2.24) is 24.5 Å². The van der Waals surface area contributed by atoms with E-state index in [-0.39, 0.29) is 17.8 Å². The zero-order valence-corrected chi connectivity index (χ0v) is 18.9. The Morgan fingerprint density at radius 3 is 2.76 bits per heavy atom. The van der Waals surface area contributed by atoms with Gasteiger partial charge in [0.15, 0.2) is 5.82 Å². The first-order valence-corrected chi connectivity index (χ1v) is 11.5. The van der Waals surface area contributed by atoms with E-state index in [4.69, 9.17) is 9.84 Å². The Hall–Kier alpha value is -3.20. The van der Waals surface area contributed by atoms with Gasteiger partial charge in [0.05, 0.1) is 32.0 Å². The number of amides is 1. The van der Waals surface area contributed by atoms with Crippen LogP contribution in [0.4, 0.5) is 15.9 Å². The summed E-state index contributed by atoms with van der Waals surface area (Å²) in [7, 11) is 1.83. The zero-order chi connectivity index (χ0) is 22.7. The molecule has 3 aromatic rings. The lowest BCUT2D eigenvalue weighted by Gasteiger charge is -2.33. The standard InChI is InChI=1S/C24H27FN6O2/c1-15(32)29-7-5-22-20(12-29)24(27-31(22)18-13-33-14-18)30-6-3-4-16-8-19(21(25)9-23(16)30)17-10-26-28(2)11-17/h8-11,18H,3-7,12-14H2,1-2H3. The van der Waals surface area contributed by atoms with Crippen LogP contribution in [0.1, 0.15) is 36.2 Å². The van der Waals surface area contributed by atoms with E-state index in [1.54, 1.807) is 23.9 Å². The number of nitrogens with zero attached hydrogens (tertiary/aromatic N) is 6. The van der Waals surface area contributed by atoms with Crippen molar-refractivity contribution in [2.24, 2.45) is 7.05 Å². The van der Waals surface area contributed by atoms with Crippen molar-refractivity contribution in [1.29, 1.82) is 0 Å². The molecule has 33 heavy (non-hydrogen) atoms. The SMILES string of the molecule is CC(=O)N1CCc2c(c(N3CCCc4cc(-c5cnn(C)c5)c(F)cc43)nn2C2COC2)C1. The van der Waals surface area contributed by atoms with Crippen LogP contribution in [0.15, 0.2) is 24.5 Å². The quantitative estimate of drug-likeness (QED) is 0.614. The van der Waals surface area contributed by atoms with E-state index in [1.807, 2.05) is 24.2 Å². The first kappa shape index (κ1) is 20.4. The van der Waals surface area contributed by atoms with E-state index in [0.717, 1.165) is 54.0 Å². The zero-order valence-electron chi connectivity index (χ0n) is 18.9. The van der Waals surface area contributed by atoms with Crippen LogP contribution in [-0.2, 0) is 36.0 Å². The van der Waals surface area contributed by atoms with Crippen molar-refractivity contribution >= 4 is 17.4 Å². The monoisotopic (exact) mass is 450 g/mol. The van der Waals surface area contributed by atoms with Crippen molar-refractivity contribution in [3.8, 4) is 11.1 Å². The maximum atomic E-state index is 15.3. The summed E-state index contributed by atoms with van der Waals surface area (Å²) in [4.78, 5) is 16.1. The van der Waals surface area contributed by atoms with Crippen molar-refractivity contribution in [2.75, 3.05) is 31.2 Å². The number of fused-ring (bicyclic) bond motifs is 2. The Labute approximate surface area is 191 Å². The topological polar surface area (TPSA) is 68.4 Å². The van der Waals surface area contributed by atoms with Gasteiger partial charge in [0.25, 0.3) is 0 Å². The molecule has 0 N–H and O–H groups in total. The summed E-state index contributed by atoms with van der Waals surface area (Å²) in [5.41, 5.74) is 5.58. The highest BCUT2D eigenvalue weighted by molar-refractivity contribution is 5.76. The summed E-state index contributed by atoms with van der Waals surface area (Å²) in [6, 6.07) is 3.82. The molecule has 0 unspecified atom stereocenters. The number of carbonyl (C=O) groups excluding carboxylic acids is 1. The first-order valence-electron chi connectivity index (χ1n) is 11.5. The highest BCUT2D eigenvalue weighted by Crippen LogP contribution is 2.41. The average Bonchev–Trinajstić information content (AvgIpc) is 3.35. The number of carbonyl (C=O) groups is 1. The molecule has 1 saturated heterocycles. The Morgan fingerprint density at radius 2 is 2.06 bits per heavy atom. The van der Waals surface area contributed by atoms with Gasteiger partial charge in [-0.25, -0.2) is 4.39 Å². The number of ether oxygens (including phenoxy) is 1. The smallest absolute Gasteiger partial charge is 0.219 e. The molecule has 3 aliphatic heterocycles. The molecule has 0 aliphatic carbocycles. The molecule has 1 fully saturated rings. The second-order valence-electron chi connectivity index (χ2n) is 9.19. The van der Waals surface area contributed by atoms with Crippen LogP contribution in [0.3, 0.4) is 0 Å². The van der Waals surface area contributed by atoms with E-state index >= 15 is 4.39 Å². The van der Waals surface area contributed by atoms with E-state index in [1.165, 1.54) is 5.69 Å². The number of benzene rings is 1. The molecule has 8 nitrogen and oxygen atoms in total. The van der Waals surface area contributed by atoms with Crippen molar-refractivity contribution in [2.45, 2.75) is 38.8 Å². The summed E-state index contributed by atoms with van der Waals surface area (Å²) < 4.78 is 24.5. The predicted octanol–water partition coefficient (Wildman–Crippen LogP) is 2.98. The summed E-state index contributed by atoms with van der Waals surface area (Å²) >= 11 is 0. The Bertz CT molecular complexity index is 1240. The Morgan fingerprint density at radius 1 is 1.21 bits per heavy atom. The van der Waals surface area contributed by atoms with Crippen LogP contribution in [0.5, 0.6) is 0 Å².